The molecule has 1 aromatic rings. The minimum Gasteiger partial charge on any atom is -0.298 e. The number of hydrogen-bond acceptors (Lipinski definition) is 2. The summed E-state index contributed by atoms with van der Waals surface area (Å²) in [5.74, 6) is 0. The van der Waals surface area contributed by atoms with Crippen LogP contribution in [0.4, 0.5) is 0 Å². The van der Waals surface area contributed by atoms with Crippen LogP contribution in [-0.2, 0) is 4.79 Å². The van der Waals surface area contributed by atoms with Crippen LogP contribution in [0.3, 0.4) is 0 Å². The van der Waals surface area contributed by atoms with Crippen molar-refractivity contribution in [2.24, 2.45) is 0 Å². The van der Waals surface area contributed by atoms with Crippen molar-refractivity contribution in [1.29, 1.82) is 0 Å². The second-order valence-electron chi connectivity index (χ2n) is 2.78. The van der Waals surface area contributed by atoms with E-state index in [1.807, 2.05) is 24.5 Å². The molecule has 0 aliphatic rings. The molecule has 0 atom stereocenters. The maximum Gasteiger partial charge on any atom is 0.145 e. The van der Waals surface area contributed by atoms with Crippen molar-refractivity contribution in [3.8, 4) is 0 Å². The number of allylic oxidation sites excluding steroid dienone is 1. The topological polar surface area (TPSA) is 17.1 Å². The summed E-state index contributed by atoms with van der Waals surface area (Å²) in [5, 5.41) is 0. The first kappa shape index (κ1) is 10.1. The van der Waals surface area contributed by atoms with Gasteiger partial charge in [-0.15, -0.1) is 11.8 Å². The molecule has 0 spiro atoms. The lowest BCUT2D eigenvalue weighted by Crippen LogP contribution is -1.78. The Morgan fingerprint density at radius 2 is 1.92 bits per heavy atom. The SMILES string of the molecule is CSc1ccc(/C=C(/C)C=O)cc1. The second-order valence-corrected chi connectivity index (χ2v) is 3.66. The van der Waals surface area contributed by atoms with Crippen LogP contribution in [0.15, 0.2) is 34.7 Å². The molecule has 0 fully saturated rings. The number of hydrogen-bond donors (Lipinski definition) is 0. The van der Waals surface area contributed by atoms with E-state index in [9.17, 15) is 4.79 Å². The Bertz CT molecular complexity index is 311. The Morgan fingerprint density at radius 3 is 2.38 bits per heavy atom. The summed E-state index contributed by atoms with van der Waals surface area (Å²) < 4.78 is 0. The first-order chi connectivity index (χ1) is 6.26. The lowest BCUT2D eigenvalue weighted by Gasteiger charge is -1.97. The molecular weight excluding hydrogens is 180 g/mol. The van der Waals surface area contributed by atoms with Gasteiger partial charge in [0.1, 0.15) is 6.29 Å². The Morgan fingerprint density at radius 1 is 1.31 bits per heavy atom. The van der Waals surface area contributed by atoms with Crippen LogP contribution < -0.4 is 0 Å². The van der Waals surface area contributed by atoms with E-state index in [0.717, 1.165) is 17.4 Å². The summed E-state index contributed by atoms with van der Waals surface area (Å²) >= 11 is 1.71. The largest absolute Gasteiger partial charge is 0.298 e. The van der Waals surface area contributed by atoms with Gasteiger partial charge in [0.2, 0.25) is 0 Å². The van der Waals surface area contributed by atoms with Gasteiger partial charge in [0.15, 0.2) is 0 Å². The third-order valence-corrected chi connectivity index (χ3v) is 2.44. The van der Waals surface area contributed by atoms with Crippen LogP contribution in [0.2, 0.25) is 0 Å². The molecule has 0 saturated heterocycles. The molecule has 0 radical (unpaired) electrons. The highest BCUT2D eigenvalue weighted by Gasteiger charge is 1.91. The molecule has 0 heterocycles. The van der Waals surface area contributed by atoms with Crippen molar-refractivity contribution in [3.63, 3.8) is 0 Å². The van der Waals surface area contributed by atoms with Gasteiger partial charge in [-0.3, -0.25) is 4.79 Å². The van der Waals surface area contributed by atoms with E-state index in [2.05, 4.69) is 12.1 Å². The first-order valence-corrected chi connectivity index (χ1v) is 5.26. The number of carbonyl (C=O) groups excluding carboxylic acids is 1. The molecule has 0 N–H and O–H groups in total. The zero-order valence-electron chi connectivity index (χ0n) is 7.78. The van der Waals surface area contributed by atoms with Crippen molar-refractivity contribution in [2.45, 2.75) is 11.8 Å². The molecule has 1 aromatic carbocycles. The Balaban J connectivity index is 2.86. The summed E-state index contributed by atoms with van der Waals surface area (Å²) in [6.45, 7) is 1.80. The summed E-state index contributed by atoms with van der Waals surface area (Å²) in [5.41, 5.74) is 1.82. The van der Waals surface area contributed by atoms with Gasteiger partial charge in [0, 0.05) is 4.90 Å². The molecule has 1 nitrogen and oxygen atoms in total. The number of thioether (sulfide) groups is 1. The minimum absolute atomic E-state index is 0.747. The average molecular weight is 192 g/mol. The fourth-order valence-electron chi connectivity index (χ4n) is 0.997. The molecule has 68 valence electrons. The molecular formula is C11H12OS. The first-order valence-electron chi connectivity index (χ1n) is 4.04. The number of benzene rings is 1. The molecule has 0 saturated carbocycles. The fraction of sp³-hybridized carbons (Fsp3) is 0.182. The standard InChI is InChI=1S/C11H12OS/c1-9(8-12)7-10-3-5-11(13-2)6-4-10/h3-8H,1-2H3/b9-7-. The van der Waals surface area contributed by atoms with E-state index >= 15 is 0 Å². The van der Waals surface area contributed by atoms with Crippen LogP contribution in [0.1, 0.15) is 12.5 Å². The maximum absolute atomic E-state index is 10.4. The fourth-order valence-corrected chi connectivity index (χ4v) is 1.41. The van der Waals surface area contributed by atoms with Crippen molar-refractivity contribution in [3.05, 3.63) is 35.4 Å². The highest BCUT2D eigenvalue weighted by atomic mass is 32.2. The van der Waals surface area contributed by atoms with Gasteiger partial charge in [-0.2, -0.15) is 0 Å². The molecule has 0 bridgehead atoms. The molecule has 2 heteroatoms. The zero-order valence-corrected chi connectivity index (χ0v) is 8.60. The van der Waals surface area contributed by atoms with Gasteiger partial charge in [-0.25, -0.2) is 0 Å². The normalized spacial score (nSPS) is 11.4. The highest BCUT2D eigenvalue weighted by Crippen LogP contribution is 2.15. The zero-order chi connectivity index (χ0) is 9.68. The van der Waals surface area contributed by atoms with Gasteiger partial charge in [0.05, 0.1) is 0 Å². The van der Waals surface area contributed by atoms with Crippen LogP contribution in [0.5, 0.6) is 0 Å². The summed E-state index contributed by atoms with van der Waals surface area (Å²) in [7, 11) is 0. The smallest absolute Gasteiger partial charge is 0.145 e. The number of aldehydes is 1. The third-order valence-electron chi connectivity index (χ3n) is 1.70. The Hall–Kier alpha value is -1.02. The lowest BCUT2D eigenvalue weighted by atomic mass is 10.1. The van der Waals surface area contributed by atoms with Crippen LogP contribution >= 0.6 is 11.8 Å². The van der Waals surface area contributed by atoms with E-state index in [0.29, 0.717) is 0 Å². The molecule has 0 aromatic heterocycles. The van der Waals surface area contributed by atoms with Gasteiger partial charge in [-0.1, -0.05) is 12.1 Å². The van der Waals surface area contributed by atoms with E-state index in [1.54, 1.807) is 18.7 Å². The van der Waals surface area contributed by atoms with E-state index in [4.69, 9.17) is 0 Å². The highest BCUT2D eigenvalue weighted by molar-refractivity contribution is 7.98. The average Bonchev–Trinajstić information content (AvgIpc) is 2.19. The quantitative estimate of drug-likeness (QED) is 0.416. The van der Waals surface area contributed by atoms with Crippen molar-refractivity contribution in [1.82, 2.24) is 0 Å². The molecule has 0 unspecified atom stereocenters. The van der Waals surface area contributed by atoms with Crippen molar-refractivity contribution < 1.29 is 4.79 Å². The maximum atomic E-state index is 10.4. The van der Waals surface area contributed by atoms with Gasteiger partial charge in [-0.05, 0) is 42.5 Å². The number of rotatable bonds is 3. The molecule has 13 heavy (non-hydrogen) atoms. The summed E-state index contributed by atoms with van der Waals surface area (Å²) in [6, 6.07) is 8.13. The van der Waals surface area contributed by atoms with Crippen LogP contribution in [0.25, 0.3) is 6.08 Å². The second kappa shape index (κ2) is 4.87. The Kier molecular flexibility index (Phi) is 3.77. The molecule has 0 aliphatic heterocycles. The molecule has 1 rings (SSSR count). The minimum atomic E-state index is 0.747. The predicted octanol–water partition coefficient (Wildman–Crippen LogP) is 3.01. The molecule has 0 amide bonds. The van der Waals surface area contributed by atoms with Gasteiger partial charge in [0.25, 0.3) is 0 Å². The summed E-state index contributed by atoms with van der Waals surface area (Å²) in [4.78, 5) is 11.6. The molecule has 0 aliphatic carbocycles. The van der Waals surface area contributed by atoms with Crippen LogP contribution in [-0.4, -0.2) is 12.5 Å². The van der Waals surface area contributed by atoms with Crippen molar-refractivity contribution >= 4 is 24.1 Å². The van der Waals surface area contributed by atoms with E-state index < -0.39 is 0 Å². The lowest BCUT2D eigenvalue weighted by molar-refractivity contribution is -0.104. The van der Waals surface area contributed by atoms with Gasteiger partial charge >= 0.3 is 0 Å². The predicted molar refractivity (Wildman–Crippen MR) is 57.9 cm³/mol. The summed E-state index contributed by atoms with van der Waals surface area (Å²) in [6.07, 6.45) is 4.78. The third kappa shape index (κ3) is 3.07. The van der Waals surface area contributed by atoms with E-state index in [1.165, 1.54) is 4.90 Å². The van der Waals surface area contributed by atoms with Crippen molar-refractivity contribution in [2.75, 3.05) is 6.26 Å². The monoisotopic (exact) mass is 192 g/mol. The Labute approximate surface area is 82.9 Å². The van der Waals surface area contributed by atoms with Crippen LogP contribution in [0, 0.1) is 0 Å². The van der Waals surface area contributed by atoms with Gasteiger partial charge < -0.3 is 0 Å². The van der Waals surface area contributed by atoms with E-state index in [-0.39, 0.29) is 0 Å². The number of carbonyl (C=O) groups is 1.